The van der Waals surface area contributed by atoms with Crippen molar-refractivity contribution in [1.82, 2.24) is 9.97 Å². The lowest BCUT2D eigenvalue weighted by atomic mass is 10.0. The second-order valence-electron chi connectivity index (χ2n) is 8.73. The van der Waals surface area contributed by atoms with Crippen molar-refractivity contribution in [1.29, 1.82) is 0 Å². The molecule has 0 atom stereocenters. The molecule has 0 saturated heterocycles. The number of carbonyl (C=O) groups excluding carboxylic acids is 3. The van der Waals surface area contributed by atoms with Gasteiger partial charge in [-0.05, 0) is 48.9 Å². The summed E-state index contributed by atoms with van der Waals surface area (Å²) < 4.78 is 0. The zero-order valence-corrected chi connectivity index (χ0v) is 19.2. The summed E-state index contributed by atoms with van der Waals surface area (Å²) in [7, 11) is 1.92. The van der Waals surface area contributed by atoms with Crippen molar-refractivity contribution in [2.75, 3.05) is 34.8 Å². The van der Waals surface area contributed by atoms with Crippen LogP contribution in [0.3, 0.4) is 0 Å². The lowest BCUT2D eigenvalue weighted by molar-refractivity contribution is 0.0924. The van der Waals surface area contributed by atoms with Gasteiger partial charge < -0.3 is 4.90 Å². The van der Waals surface area contributed by atoms with Crippen LogP contribution in [0.4, 0.5) is 17.3 Å². The SMILES string of the molecule is Cc1ccccc1N1C(=O)c2ccc(C(=O)N3CCN(C)c4nc5ccccc5nc43)cc2C1=O. The molecule has 0 spiro atoms. The van der Waals surface area contributed by atoms with Crippen LogP contribution in [0.1, 0.15) is 36.6 Å². The molecule has 0 N–H and O–H groups in total. The third-order valence-electron chi connectivity index (χ3n) is 6.55. The molecule has 3 aromatic carbocycles. The van der Waals surface area contributed by atoms with Gasteiger partial charge in [-0.15, -0.1) is 0 Å². The Morgan fingerprint density at radius 2 is 1.46 bits per heavy atom. The predicted molar refractivity (Wildman–Crippen MR) is 133 cm³/mol. The minimum Gasteiger partial charge on any atom is -0.355 e. The molecule has 3 heterocycles. The van der Waals surface area contributed by atoms with E-state index in [9.17, 15) is 14.4 Å². The highest BCUT2D eigenvalue weighted by atomic mass is 16.2. The van der Waals surface area contributed by atoms with E-state index in [0.717, 1.165) is 11.1 Å². The van der Waals surface area contributed by atoms with Crippen molar-refractivity contribution in [2.24, 2.45) is 0 Å². The highest BCUT2D eigenvalue weighted by Crippen LogP contribution is 2.34. The lowest BCUT2D eigenvalue weighted by Crippen LogP contribution is -2.43. The second-order valence-corrected chi connectivity index (χ2v) is 8.73. The van der Waals surface area contributed by atoms with E-state index in [0.29, 0.717) is 47.1 Å². The molecule has 0 fully saturated rings. The minimum atomic E-state index is -0.432. The summed E-state index contributed by atoms with van der Waals surface area (Å²) in [4.78, 5) is 54.1. The van der Waals surface area contributed by atoms with Crippen LogP contribution in [-0.2, 0) is 0 Å². The number of amides is 3. The summed E-state index contributed by atoms with van der Waals surface area (Å²) in [5, 5.41) is 0. The van der Waals surface area contributed by atoms with Crippen molar-refractivity contribution in [2.45, 2.75) is 6.92 Å². The fraction of sp³-hybridized carbons (Fsp3) is 0.148. The molecule has 0 radical (unpaired) electrons. The monoisotopic (exact) mass is 463 g/mol. The first-order chi connectivity index (χ1) is 16.9. The van der Waals surface area contributed by atoms with Gasteiger partial charge in [0, 0.05) is 25.7 Å². The number of carbonyl (C=O) groups is 3. The Labute approximate surface area is 201 Å². The van der Waals surface area contributed by atoms with Crippen LogP contribution >= 0.6 is 0 Å². The van der Waals surface area contributed by atoms with Crippen molar-refractivity contribution in [3.05, 3.63) is 89.0 Å². The number of anilines is 3. The van der Waals surface area contributed by atoms with Crippen LogP contribution in [0, 0.1) is 6.92 Å². The Morgan fingerprint density at radius 1 is 0.800 bits per heavy atom. The molecule has 2 aliphatic rings. The number of benzene rings is 3. The number of likely N-dealkylation sites (N-methyl/N-ethyl adjacent to an activating group) is 1. The Morgan fingerprint density at radius 3 is 2.20 bits per heavy atom. The van der Waals surface area contributed by atoms with Gasteiger partial charge in [0.1, 0.15) is 0 Å². The summed E-state index contributed by atoms with van der Waals surface area (Å²) in [5.74, 6) is -0.00579. The number of para-hydroxylation sites is 3. The van der Waals surface area contributed by atoms with E-state index in [-0.39, 0.29) is 17.4 Å². The lowest BCUT2D eigenvalue weighted by Gasteiger charge is -2.33. The van der Waals surface area contributed by atoms with Gasteiger partial charge >= 0.3 is 0 Å². The van der Waals surface area contributed by atoms with Crippen LogP contribution < -0.4 is 14.7 Å². The molecule has 0 saturated carbocycles. The summed E-state index contributed by atoms with van der Waals surface area (Å²) in [6.07, 6.45) is 0. The Hall–Kier alpha value is -4.59. The molecule has 8 nitrogen and oxygen atoms in total. The van der Waals surface area contributed by atoms with Gasteiger partial charge in [0.2, 0.25) is 0 Å². The van der Waals surface area contributed by atoms with E-state index in [2.05, 4.69) is 0 Å². The Balaban J connectivity index is 1.39. The fourth-order valence-electron chi connectivity index (χ4n) is 4.64. The van der Waals surface area contributed by atoms with Crippen molar-refractivity contribution >= 4 is 46.1 Å². The number of hydrogen-bond donors (Lipinski definition) is 0. The van der Waals surface area contributed by atoms with Gasteiger partial charge in [-0.1, -0.05) is 30.3 Å². The third kappa shape index (κ3) is 3.18. The molecule has 0 aliphatic carbocycles. The first-order valence-electron chi connectivity index (χ1n) is 11.3. The molecule has 35 heavy (non-hydrogen) atoms. The smallest absolute Gasteiger partial charge is 0.266 e. The number of aryl methyl sites for hydroxylation is 1. The predicted octanol–water partition coefficient (Wildman–Crippen LogP) is 3.84. The highest BCUT2D eigenvalue weighted by molar-refractivity contribution is 6.35. The molecule has 0 unspecified atom stereocenters. The van der Waals surface area contributed by atoms with Gasteiger partial charge in [0.05, 0.1) is 27.8 Å². The third-order valence-corrected chi connectivity index (χ3v) is 6.55. The summed E-state index contributed by atoms with van der Waals surface area (Å²) in [5.41, 5.74) is 3.65. The number of nitrogens with zero attached hydrogens (tertiary/aromatic N) is 5. The molecule has 4 aromatic rings. The van der Waals surface area contributed by atoms with Crippen LogP contribution in [0.15, 0.2) is 66.7 Å². The normalized spacial score (nSPS) is 15.0. The van der Waals surface area contributed by atoms with Crippen LogP contribution in [0.2, 0.25) is 0 Å². The molecule has 2 aliphatic heterocycles. The fourth-order valence-corrected chi connectivity index (χ4v) is 4.64. The number of fused-ring (bicyclic) bond motifs is 3. The zero-order chi connectivity index (χ0) is 24.3. The zero-order valence-electron chi connectivity index (χ0n) is 19.2. The molecule has 8 heteroatoms. The van der Waals surface area contributed by atoms with E-state index in [1.807, 2.05) is 55.3 Å². The second kappa shape index (κ2) is 7.73. The average molecular weight is 463 g/mol. The van der Waals surface area contributed by atoms with Gasteiger partial charge in [-0.3, -0.25) is 19.3 Å². The van der Waals surface area contributed by atoms with Crippen molar-refractivity contribution in [3.8, 4) is 0 Å². The van der Waals surface area contributed by atoms with Gasteiger partial charge in [0.25, 0.3) is 17.7 Å². The molecular formula is C27H21N5O3. The van der Waals surface area contributed by atoms with Crippen LogP contribution in [0.25, 0.3) is 11.0 Å². The van der Waals surface area contributed by atoms with Gasteiger partial charge in [0.15, 0.2) is 11.6 Å². The summed E-state index contributed by atoms with van der Waals surface area (Å²) in [6.45, 7) is 2.87. The van der Waals surface area contributed by atoms with E-state index in [1.54, 1.807) is 29.2 Å². The van der Waals surface area contributed by atoms with Gasteiger partial charge in [-0.2, -0.15) is 0 Å². The van der Waals surface area contributed by atoms with Crippen molar-refractivity contribution < 1.29 is 14.4 Å². The Bertz CT molecular complexity index is 1560. The van der Waals surface area contributed by atoms with Crippen LogP contribution in [0.5, 0.6) is 0 Å². The molecule has 6 rings (SSSR count). The number of aromatic nitrogens is 2. The molecule has 172 valence electrons. The van der Waals surface area contributed by atoms with Gasteiger partial charge in [-0.25, -0.2) is 14.9 Å². The summed E-state index contributed by atoms with van der Waals surface area (Å²) in [6, 6.07) is 19.4. The average Bonchev–Trinajstić information content (AvgIpc) is 3.12. The van der Waals surface area contributed by atoms with E-state index in [4.69, 9.17) is 9.97 Å². The van der Waals surface area contributed by atoms with E-state index < -0.39 is 5.91 Å². The largest absolute Gasteiger partial charge is 0.355 e. The maximum Gasteiger partial charge on any atom is 0.266 e. The molecule has 0 bridgehead atoms. The molecular weight excluding hydrogens is 442 g/mol. The van der Waals surface area contributed by atoms with E-state index in [1.165, 1.54) is 11.0 Å². The topological polar surface area (TPSA) is 86.7 Å². The number of rotatable bonds is 2. The van der Waals surface area contributed by atoms with E-state index >= 15 is 0 Å². The Kier molecular flexibility index (Phi) is 4.63. The standard InChI is InChI=1S/C27H21N5O3/c1-16-7-3-6-10-22(16)32-26(34)18-12-11-17(15-19(18)27(32)35)25(33)31-14-13-30(2)23-24(31)29-21-9-5-4-8-20(21)28-23/h3-12,15H,13-14H2,1-2H3. The van der Waals surface area contributed by atoms with Crippen molar-refractivity contribution in [3.63, 3.8) is 0 Å². The quantitative estimate of drug-likeness (QED) is 0.420. The summed E-state index contributed by atoms with van der Waals surface area (Å²) >= 11 is 0. The minimum absolute atomic E-state index is 0.225. The maximum absolute atomic E-state index is 13.6. The number of imide groups is 1. The molecule has 1 aromatic heterocycles. The highest BCUT2D eigenvalue weighted by Gasteiger charge is 2.38. The first kappa shape index (κ1) is 21.0. The molecule has 3 amide bonds. The first-order valence-corrected chi connectivity index (χ1v) is 11.3. The van der Waals surface area contributed by atoms with Crippen LogP contribution in [-0.4, -0.2) is 47.8 Å². The number of hydrogen-bond acceptors (Lipinski definition) is 6. The maximum atomic E-state index is 13.6.